The number of pyridine rings is 1. The van der Waals surface area contributed by atoms with E-state index in [0.29, 0.717) is 14.7 Å². The van der Waals surface area contributed by atoms with E-state index in [1.165, 1.54) is 19.4 Å². The number of halogens is 2. The lowest BCUT2D eigenvalue weighted by atomic mass is 10.1. The summed E-state index contributed by atoms with van der Waals surface area (Å²) in [6.07, 6.45) is 1.47. The molecule has 0 amide bonds. The summed E-state index contributed by atoms with van der Waals surface area (Å²) in [5.74, 6) is -0.819. The number of nitrogens with zero attached hydrogens (tertiary/aromatic N) is 1. The zero-order valence-corrected chi connectivity index (χ0v) is 11.6. The third kappa shape index (κ3) is 2.50. The summed E-state index contributed by atoms with van der Waals surface area (Å²) in [7, 11) is 1.30. The highest BCUT2D eigenvalue weighted by Crippen LogP contribution is 2.24. The molecule has 18 heavy (non-hydrogen) atoms. The molecule has 1 aromatic heterocycles. The average Bonchev–Trinajstić information content (AvgIpc) is 2.38. The minimum Gasteiger partial charge on any atom is -0.464 e. The van der Waals surface area contributed by atoms with Crippen molar-refractivity contribution in [1.82, 2.24) is 4.98 Å². The zero-order valence-electron chi connectivity index (χ0n) is 9.48. The van der Waals surface area contributed by atoms with Crippen LogP contribution in [0.25, 0.3) is 11.1 Å². The summed E-state index contributed by atoms with van der Waals surface area (Å²) in [6.45, 7) is 0. The van der Waals surface area contributed by atoms with Crippen molar-refractivity contribution in [3.05, 3.63) is 51.6 Å². The number of aromatic nitrogens is 1. The Labute approximate surface area is 117 Å². The molecule has 2 aromatic rings. The van der Waals surface area contributed by atoms with Gasteiger partial charge in [-0.1, -0.05) is 18.2 Å². The molecule has 0 aliphatic heterocycles. The number of rotatable bonds is 2. The first-order valence-electron chi connectivity index (χ1n) is 5.12. The topological polar surface area (TPSA) is 39.2 Å². The summed E-state index contributed by atoms with van der Waals surface area (Å²) in [5.41, 5.74) is 1.32. The first kappa shape index (κ1) is 12.9. The lowest BCUT2D eigenvalue weighted by Crippen LogP contribution is -2.06. The molecule has 0 fully saturated rings. The van der Waals surface area contributed by atoms with Crippen molar-refractivity contribution >= 4 is 28.6 Å². The fourth-order valence-corrected chi connectivity index (χ4v) is 2.22. The van der Waals surface area contributed by atoms with E-state index in [1.54, 1.807) is 24.3 Å². The monoisotopic (exact) mass is 357 g/mol. The molecule has 0 bridgehead atoms. The highest BCUT2D eigenvalue weighted by atomic mass is 127. The molecule has 0 saturated carbocycles. The number of carbonyl (C=O) groups is 1. The van der Waals surface area contributed by atoms with Crippen LogP contribution in [-0.4, -0.2) is 18.1 Å². The van der Waals surface area contributed by atoms with Gasteiger partial charge in [0.25, 0.3) is 0 Å². The smallest absolute Gasteiger partial charge is 0.357 e. The highest BCUT2D eigenvalue weighted by Gasteiger charge is 2.14. The van der Waals surface area contributed by atoms with Gasteiger partial charge in [-0.15, -0.1) is 0 Å². The second-order valence-corrected chi connectivity index (χ2v) is 4.69. The Hall–Kier alpha value is -1.50. The normalized spacial score (nSPS) is 10.2. The van der Waals surface area contributed by atoms with E-state index in [-0.39, 0.29) is 11.5 Å². The molecular formula is C13H9FINO2. The predicted molar refractivity (Wildman–Crippen MR) is 73.7 cm³/mol. The summed E-state index contributed by atoms with van der Waals surface area (Å²) in [5, 5.41) is 0. The molecule has 3 nitrogen and oxygen atoms in total. The molecule has 0 aliphatic carbocycles. The molecule has 0 saturated heterocycles. The molecule has 1 heterocycles. The van der Waals surface area contributed by atoms with Gasteiger partial charge in [0.1, 0.15) is 5.82 Å². The summed E-state index contributed by atoms with van der Waals surface area (Å²) in [6, 6.07) is 8.13. The second kappa shape index (κ2) is 5.43. The van der Waals surface area contributed by atoms with Gasteiger partial charge in [0, 0.05) is 20.9 Å². The first-order valence-corrected chi connectivity index (χ1v) is 6.20. The quantitative estimate of drug-likeness (QED) is 0.612. The van der Waals surface area contributed by atoms with Gasteiger partial charge >= 0.3 is 5.97 Å². The van der Waals surface area contributed by atoms with Crippen molar-refractivity contribution in [3.63, 3.8) is 0 Å². The fraction of sp³-hybridized carbons (Fsp3) is 0.0769. The van der Waals surface area contributed by atoms with Gasteiger partial charge in [-0.2, -0.15) is 0 Å². The maximum Gasteiger partial charge on any atom is 0.357 e. The lowest BCUT2D eigenvalue weighted by molar-refractivity contribution is 0.0593. The third-order valence-corrected chi connectivity index (χ3v) is 3.23. The van der Waals surface area contributed by atoms with Gasteiger partial charge in [0.15, 0.2) is 5.69 Å². The SMILES string of the molecule is COC(=O)c1ncc(-c2ccccc2F)cc1I. The van der Waals surface area contributed by atoms with Crippen molar-refractivity contribution in [3.8, 4) is 11.1 Å². The van der Waals surface area contributed by atoms with E-state index >= 15 is 0 Å². The first-order chi connectivity index (χ1) is 8.63. The molecule has 0 N–H and O–H groups in total. The van der Waals surface area contributed by atoms with E-state index in [4.69, 9.17) is 0 Å². The molecule has 5 heteroatoms. The van der Waals surface area contributed by atoms with Gasteiger partial charge < -0.3 is 4.74 Å². The van der Waals surface area contributed by atoms with Crippen molar-refractivity contribution in [2.24, 2.45) is 0 Å². The average molecular weight is 357 g/mol. The Morgan fingerprint density at radius 1 is 1.39 bits per heavy atom. The standard InChI is InChI=1S/C13H9FINO2/c1-18-13(17)12-11(15)6-8(7-16-12)9-4-2-3-5-10(9)14/h2-7H,1H3. The number of hydrogen-bond acceptors (Lipinski definition) is 3. The van der Waals surface area contributed by atoms with E-state index < -0.39 is 5.97 Å². The molecule has 0 radical (unpaired) electrons. The molecule has 92 valence electrons. The van der Waals surface area contributed by atoms with Crippen LogP contribution in [0.2, 0.25) is 0 Å². The number of methoxy groups -OCH3 is 1. The van der Waals surface area contributed by atoms with E-state index in [1.807, 2.05) is 22.6 Å². The number of carbonyl (C=O) groups excluding carboxylic acids is 1. The Balaban J connectivity index is 2.47. The summed E-state index contributed by atoms with van der Waals surface area (Å²) >= 11 is 1.98. The molecule has 0 aliphatic rings. The van der Waals surface area contributed by atoms with E-state index in [9.17, 15) is 9.18 Å². The molecule has 1 aromatic carbocycles. The van der Waals surface area contributed by atoms with E-state index in [2.05, 4.69) is 9.72 Å². The van der Waals surface area contributed by atoms with Gasteiger partial charge in [-0.25, -0.2) is 14.2 Å². The van der Waals surface area contributed by atoms with E-state index in [0.717, 1.165) is 0 Å². The molecule has 0 spiro atoms. The minimum atomic E-state index is -0.500. The Morgan fingerprint density at radius 3 is 2.72 bits per heavy atom. The molecule has 0 atom stereocenters. The van der Waals surface area contributed by atoms with Crippen LogP contribution >= 0.6 is 22.6 Å². The molecule has 2 rings (SSSR count). The zero-order chi connectivity index (χ0) is 13.1. The third-order valence-electron chi connectivity index (χ3n) is 2.40. The van der Waals surface area contributed by atoms with Crippen LogP contribution in [0.15, 0.2) is 36.5 Å². The van der Waals surface area contributed by atoms with Crippen LogP contribution in [0.4, 0.5) is 4.39 Å². The molecular weight excluding hydrogens is 348 g/mol. The van der Waals surface area contributed by atoms with Crippen LogP contribution in [0, 0.1) is 9.39 Å². The molecule has 0 unspecified atom stereocenters. The number of esters is 1. The van der Waals surface area contributed by atoms with Crippen molar-refractivity contribution in [1.29, 1.82) is 0 Å². The van der Waals surface area contributed by atoms with Gasteiger partial charge in [-0.05, 0) is 34.7 Å². The Morgan fingerprint density at radius 2 is 2.11 bits per heavy atom. The Bertz CT molecular complexity index is 601. The second-order valence-electron chi connectivity index (χ2n) is 3.53. The van der Waals surface area contributed by atoms with Crippen molar-refractivity contribution in [2.75, 3.05) is 7.11 Å². The van der Waals surface area contributed by atoms with Crippen LogP contribution in [0.5, 0.6) is 0 Å². The predicted octanol–water partition coefficient (Wildman–Crippen LogP) is 3.28. The minimum absolute atomic E-state index is 0.234. The van der Waals surface area contributed by atoms with Crippen LogP contribution < -0.4 is 0 Å². The number of benzene rings is 1. The number of hydrogen-bond donors (Lipinski definition) is 0. The summed E-state index contributed by atoms with van der Waals surface area (Å²) in [4.78, 5) is 15.4. The van der Waals surface area contributed by atoms with Gasteiger partial charge in [0.2, 0.25) is 0 Å². The fourth-order valence-electron chi connectivity index (χ4n) is 1.53. The van der Waals surface area contributed by atoms with Crippen molar-refractivity contribution in [2.45, 2.75) is 0 Å². The largest absolute Gasteiger partial charge is 0.464 e. The van der Waals surface area contributed by atoms with Crippen molar-refractivity contribution < 1.29 is 13.9 Å². The maximum atomic E-state index is 13.6. The van der Waals surface area contributed by atoms with Crippen LogP contribution in [0.1, 0.15) is 10.5 Å². The van der Waals surface area contributed by atoms with Crippen LogP contribution in [0.3, 0.4) is 0 Å². The number of ether oxygens (including phenoxy) is 1. The van der Waals surface area contributed by atoms with Gasteiger partial charge in [-0.3, -0.25) is 0 Å². The van der Waals surface area contributed by atoms with Gasteiger partial charge in [0.05, 0.1) is 7.11 Å². The lowest BCUT2D eigenvalue weighted by Gasteiger charge is -2.06. The highest BCUT2D eigenvalue weighted by molar-refractivity contribution is 14.1. The van der Waals surface area contributed by atoms with Crippen LogP contribution in [-0.2, 0) is 4.74 Å². The summed E-state index contributed by atoms with van der Waals surface area (Å²) < 4.78 is 18.8. The Kier molecular flexibility index (Phi) is 3.90. The maximum absolute atomic E-state index is 13.6.